The van der Waals surface area contributed by atoms with E-state index >= 15 is 0 Å². The van der Waals surface area contributed by atoms with Crippen molar-refractivity contribution in [3.8, 4) is 11.5 Å². The van der Waals surface area contributed by atoms with Crippen LogP contribution in [0.15, 0.2) is 28.8 Å². The fourth-order valence-electron chi connectivity index (χ4n) is 2.47. The fourth-order valence-corrected chi connectivity index (χ4v) is 2.47. The van der Waals surface area contributed by atoms with Gasteiger partial charge in [0, 0.05) is 6.07 Å². The first-order valence-electron chi connectivity index (χ1n) is 8.17. The van der Waals surface area contributed by atoms with Crippen molar-refractivity contribution in [3.05, 3.63) is 35.5 Å². The molecule has 24 heavy (non-hydrogen) atoms. The molecule has 2 rings (SSSR count). The molecule has 0 radical (unpaired) electrons. The van der Waals surface area contributed by atoms with E-state index < -0.39 is 0 Å². The molecule has 1 N–H and O–H groups in total. The zero-order valence-electron chi connectivity index (χ0n) is 14.4. The highest BCUT2D eigenvalue weighted by Gasteiger charge is 2.19. The van der Waals surface area contributed by atoms with Crippen LogP contribution in [-0.2, 0) is 6.42 Å². The fraction of sp³-hybridized carbons (Fsp3) is 0.444. The molecule has 1 amide bonds. The van der Waals surface area contributed by atoms with Crippen LogP contribution in [-0.4, -0.2) is 25.3 Å². The van der Waals surface area contributed by atoms with Crippen LogP contribution in [0.25, 0.3) is 0 Å². The number of hydrogen-bond donors (Lipinski definition) is 1. The number of nitrogens with one attached hydrogen (secondary N) is 1. The molecule has 0 aliphatic heterocycles. The smallest absolute Gasteiger partial charge is 0.265 e. The van der Waals surface area contributed by atoms with E-state index in [1.54, 1.807) is 24.3 Å². The van der Waals surface area contributed by atoms with Gasteiger partial charge in [-0.1, -0.05) is 37.4 Å². The van der Waals surface area contributed by atoms with Crippen molar-refractivity contribution in [2.75, 3.05) is 19.5 Å². The van der Waals surface area contributed by atoms with Gasteiger partial charge in [-0.15, -0.1) is 0 Å². The number of methoxy groups -OCH3 is 2. The van der Waals surface area contributed by atoms with Gasteiger partial charge in [0.15, 0.2) is 0 Å². The average molecular weight is 332 g/mol. The lowest BCUT2D eigenvalue weighted by Crippen LogP contribution is -2.14. The summed E-state index contributed by atoms with van der Waals surface area (Å²) in [6.45, 7) is 2.18. The Balaban J connectivity index is 2.04. The second-order valence-corrected chi connectivity index (χ2v) is 5.48. The lowest BCUT2D eigenvalue weighted by atomic mass is 10.1. The summed E-state index contributed by atoms with van der Waals surface area (Å²) in [7, 11) is 3.02. The Labute approximate surface area is 142 Å². The first-order valence-corrected chi connectivity index (χ1v) is 8.17. The Bertz CT molecular complexity index is 645. The first-order chi connectivity index (χ1) is 11.7. The van der Waals surface area contributed by atoms with Crippen molar-refractivity contribution < 1.29 is 18.8 Å². The van der Waals surface area contributed by atoms with Gasteiger partial charge in [-0.3, -0.25) is 10.1 Å². The van der Waals surface area contributed by atoms with Crippen LogP contribution >= 0.6 is 0 Å². The van der Waals surface area contributed by atoms with Crippen LogP contribution in [0.4, 0.5) is 5.88 Å². The number of carbonyl (C=O) groups excluding carboxylic acids is 1. The highest BCUT2D eigenvalue weighted by Crippen LogP contribution is 2.29. The molecule has 0 saturated carbocycles. The summed E-state index contributed by atoms with van der Waals surface area (Å²) in [5, 5.41) is 6.70. The third-order valence-electron chi connectivity index (χ3n) is 3.74. The molecule has 6 nitrogen and oxygen atoms in total. The molecule has 0 bridgehead atoms. The lowest BCUT2D eigenvalue weighted by Gasteiger charge is -2.11. The molecule has 1 aromatic carbocycles. The van der Waals surface area contributed by atoms with E-state index in [4.69, 9.17) is 14.0 Å². The lowest BCUT2D eigenvalue weighted by molar-refractivity contribution is 0.101. The summed E-state index contributed by atoms with van der Waals surface area (Å²) in [5.74, 6) is 0.828. The molecule has 130 valence electrons. The van der Waals surface area contributed by atoms with Gasteiger partial charge < -0.3 is 14.0 Å². The van der Waals surface area contributed by atoms with E-state index in [0.717, 1.165) is 18.5 Å². The Hall–Kier alpha value is -2.50. The molecule has 6 heteroatoms. The van der Waals surface area contributed by atoms with Crippen molar-refractivity contribution in [2.45, 2.75) is 39.0 Å². The number of amides is 1. The maximum atomic E-state index is 12.5. The van der Waals surface area contributed by atoms with Crippen molar-refractivity contribution in [2.24, 2.45) is 0 Å². The van der Waals surface area contributed by atoms with Gasteiger partial charge in [0.2, 0.25) is 5.88 Å². The Morgan fingerprint density at radius 2 is 1.88 bits per heavy atom. The van der Waals surface area contributed by atoms with Gasteiger partial charge in [-0.2, -0.15) is 0 Å². The maximum Gasteiger partial charge on any atom is 0.265 e. The number of rotatable bonds is 9. The number of nitrogens with zero attached hydrogens (tertiary/aromatic N) is 1. The largest absolute Gasteiger partial charge is 0.496 e. The second-order valence-electron chi connectivity index (χ2n) is 5.48. The Morgan fingerprint density at radius 1 is 1.17 bits per heavy atom. The molecule has 0 fully saturated rings. The van der Waals surface area contributed by atoms with Crippen molar-refractivity contribution in [1.29, 1.82) is 0 Å². The molecule has 0 saturated heterocycles. The van der Waals surface area contributed by atoms with Crippen LogP contribution in [0.3, 0.4) is 0 Å². The Kier molecular flexibility index (Phi) is 6.66. The van der Waals surface area contributed by atoms with Crippen molar-refractivity contribution >= 4 is 11.8 Å². The molecule has 1 aromatic heterocycles. The van der Waals surface area contributed by atoms with Gasteiger partial charge in [0.25, 0.3) is 5.91 Å². The summed E-state index contributed by atoms with van der Waals surface area (Å²) in [6, 6.07) is 6.93. The minimum atomic E-state index is -0.363. The van der Waals surface area contributed by atoms with E-state index in [0.29, 0.717) is 22.9 Å². The molecule has 0 unspecified atom stereocenters. The molecule has 0 aliphatic rings. The summed E-state index contributed by atoms with van der Waals surface area (Å²) in [5.41, 5.74) is 1.16. The van der Waals surface area contributed by atoms with Crippen molar-refractivity contribution in [3.63, 3.8) is 0 Å². The van der Waals surface area contributed by atoms with Crippen molar-refractivity contribution in [1.82, 2.24) is 5.16 Å². The zero-order valence-corrected chi connectivity index (χ0v) is 14.4. The number of unbranched alkanes of at least 4 members (excludes halogenated alkanes) is 3. The molecule has 0 atom stereocenters. The summed E-state index contributed by atoms with van der Waals surface area (Å²) in [4.78, 5) is 12.5. The number of ether oxygens (including phenoxy) is 2. The monoisotopic (exact) mass is 332 g/mol. The molecule has 2 aromatic rings. The SMILES string of the molecule is CCCCCCc1cc(NC(=O)c2c(OC)cccc2OC)on1. The van der Waals surface area contributed by atoms with E-state index in [2.05, 4.69) is 17.4 Å². The van der Waals surface area contributed by atoms with Crippen LogP contribution < -0.4 is 14.8 Å². The van der Waals surface area contributed by atoms with Gasteiger partial charge in [0.05, 0.1) is 19.9 Å². The van der Waals surface area contributed by atoms with Gasteiger partial charge in [0.1, 0.15) is 17.1 Å². The summed E-state index contributed by atoms with van der Waals surface area (Å²) >= 11 is 0. The number of aryl methyl sites for hydroxylation is 1. The standard InChI is InChI=1S/C18H24N2O4/c1-4-5-6-7-9-13-12-16(24-20-13)19-18(21)17-14(22-2)10-8-11-15(17)23-3/h8,10-12H,4-7,9H2,1-3H3,(H,19,21). The highest BCUT2D eigenvalue weighted by atomic mass is 16.5. The molecular formula is C18H24N2O4. The minimum Gasteiger partial charge on any atom is -0.496 e. The predicted octanol–water partition coefficient (Wildman–Crippen LogP) is 4.07. The van der Waals surface area contributed by atoms with Crippen LogP contribution in [0.5, 0.6) is 11.5 Å². The third-order valence-corrected chi connectivity index (χ3v) is 3.74. The third kappa shape index (κ3) is 4.50. The van der Waals surface area contributed by atoms with Crippen LogP contribution in [0, 0.1) is 0 Å². The number of carbonyl (C=O) groups is 1. The van der Waals surface area contributed by atoms with Gasteiger partial charge >= 0.3 is 0 Å². The molecule has 0 spiro atoms. The van der Waals surface area contributed by atoms with Crippen LogP contribution in [0.1, 0.15) is 48.7 Å². The van der Waals surface area contributed by atoms with E-state index in [1.165, 1.54) is 33.5 Å². The molecular weight excluding hydrogens is 308 g/mol. The van der Waals surface area contributed by atoms with Crippen LogP contribution in [0.2, 0.25) is 0 Å². The second kappa shape index (κ2) is 8.96. The normalized spacial score (nSPS) is 10.5. The quantitative estimate of drug-likeness (QED) is 0.701. The van der Waals surface area contributed by atoms with Gasteiger partial charge in [-0.25, -0.2) is 0 Å². The zero-order chi connectivity index (χ0) is 17.4. The first kappa shape index (κ1) is 17.8. The average Bonchev–Trinajstić information content (AvgIpc) is 3.05. The van der Waals surface area contributed by atoms with E-state index in [9.17, 15) is 4.79 Å². The number of aromatic nitrogens is 1. The van der Waals surface area contributed by atoms with Gasteiger partial charge in [-0.05, 0) is 25.0 Å². The maximum absolute atomic E-state index is 12.5. The minimum absolute atomic E-state index is 0.318. The molecule has 0 aliphatic carbocycles. The number of benzene rings is 1. The summed E-state index contributed by atoms with van der Waals surface area (Å²) in [6.07, 6.45) is 5.49. The highest BCUT2D eigenvalue weighted by molar-refractivity contribution is 6.07. The molecule has 1 heterocycles. The topological polar surface area (TPSA) is 73.6 Å². The van der Waals surface area contributed by atoms with E-state index in [-0.39, 0.29) is 5.91 Å². The number of hydrogen-bond acceptors (Lipinski definition) is 5. The Morgan fingerprint density at radius 3 is 2.50 bits per heavy atom. The summed E-state index contributed by atoms with van der Waals surface area (Å²) < 4.78 is 15.7. The number of anilines is 1. The van der Waals surface area contributed by atoms with E-state index in [1.807, 2.05) is 0 Å². The predicted molar refractivity (Wildman–Crippen MR) is 91.8 cm³/mol.